The predicted octanol–water partition coefficient (Wildman–Crippen LogP) is -0.143. The molecular formula is C23H44O12. The summed E-state index contributed by atoms with van der Waals surface area (Å²) in [6, 6.07) is 0. The molecule has 0 aliphatic heterocycles. The maximum absolute atomic E-state index is 10.8. The molecule has 208 valence electrons. The van der Waals surface area contributed by atoms with Crippen molar-refractivity contribution in [3.05, 3.63) is 12.7 Å². The highest BCUT2D eigenvalue weighted by Crippen LogP contribution is 1.86. The fourth-order valence-corrected chi connectivity index (χ4v) is 2.19. The molecule has 0 heterocycles. The molecule has 0 spiro atoms. The summed E-state index contributed by atoms with van der Waals surface area (Å²) < 4.78 is 52.8. The van der Waals surface area contributed by atoms with Crippen molar-refractivity contribution in [3.63, 3.8) is 0 Å². The number of esters is 1. The van der Waals surface area contributed by atoms with Crippen LogP contribution in [0, 0.1) is 0 Å². The van der Waals surface area contributed by atoms with Gasteiger partial charge in [0.1, 0.15) is 6.61 Å². The van der Waals surface area contributed by atoms with Gasteiger partial charge in [0.2, 0.25) is 0 Å². The summed E-state index contributed by atoms with van der Waals surface area (Å²) in [5.41, 5.74) is 0. The molecule has 35 heavy (non-hydrogen) atoms. The van der Waals surface area contributed by atoms with Gasteiger partial charge in [-0.25, -0.2) is 4.79 Å². The summed E-state index contributed by atoms with van der Waals surface area (Å²) in [6.45, 7) is 11.9. The van der Waals surface area contributed by atoms with Crippen LogP contribution in [-0.4, -0.2) is 143 Å². The molecule has 0 fully saturated rings. The number of ether oxygens (including phenoxy) is 10. The summed E-state index contributed by atoms with van der Waals surface area (Å²) >= 11 is 0. The normalized spacial score (nSPS) is 11.1. The van der Waals surface area contributed by atoms with Crippen LogP contribution in [0.3, 0.4) is 0 Å². The molecule has 0 rings (SSSR count). The number of rotatable bonds is 30. The Bertz CT molecular complexity index is 439. The molecule has 0 saturated heterocycles. The molecule has 1 N–H and O–H groups in total. The maximum Gasteiger partial charge on any atom is 0.330 e. The maximum atomic E-state index is 10.8. The lowest BCUT2D eigenvalue weighted by atomic mass is 10.6. The van der Waals surface area contributed by atoms with E-state index in [1.807, 2.05) is 0 Å². The highest BCUT2D eigenvalue weighted by molar-refractivity contribution is 5.81. The van der Waals surface area contributed by atoms with E-state index in [1.54, 1.807) is 0 Å². The van der Waals surface area contributed by atoms with Gasteiger partial charge in [-0.3, -0.25) is 0 Å². The first kappa shape index (κ1) is 33.8. The Balaban J connectivity index is 3.03. The zero-order valence-corrected chi connectivity index (χ0v) is 20.9. The van der Waals surface area contributed by atoms with Crippen LogP contribution >= 0.6 is 0 Å². The Morgan fingerprint density at radius 1 is 0.457 bits per heavy atom. The molecule has 0 saturated carbocycles. The van der Waals surface area contributed by atoms with E-state index < -0.39 is 5.97 Å². The van der Waals surface area contributed by atoms with Crippen molar-refractivity contribution in [3.8, 4) is 0 Å². The second-order valence-electron chi connectivity index (χ2n) is 6.61. The average Bonchev–Trinajstić information content (AvgIpc) is 2.87. The fraction of sp³-hybridized carbons (Fsp3) is 0.870. The van der Waals surface area contributed by atoms with Crippen LogP contribution in [0.2, 0.25) is 0 Å². The zero-order chi connectivity index (χ0) is 25.5. The van der Waals surface area contributed by atoms with Gasteiger partial charge < -0.3 is 52.5 Å². The summed E-state index contributed by atoms with van der Waals surface area (Å²) in [6.07, 6.45) is 1.11. The third-order valence-electron chi connectivity index (χ3n) is 3.85. The van der Waals surface area contributed by atoms with E-state index in [2.05, 4.69) is 6.58 Å². The van der Waals surface area contributed by atoms with Gasteiger partial charge in [0.05, 0.1) is 126 Å². The first-order valence-corrected chi connectivity index (χ1v) is 11.9. The topological polar surface area (TPSA) is 130 Å². The third kappa shape index (κ3) is 30.8. The van der Waals surface area contributed by atoms with Crippen molar-refractivity contribution in [2.45, 2.75) is 0 Å². The zero-order valence-electron chi connectivity index (χ0n) is 20.9. The van der Waals surface area contributed by atoms with Crippen molar-refractivity contribution in [2.75, 3.05) is 132 Å². The van der Waals surface area contributed by atoms with Gasteiger partial charge in [-0.1, -0.05) is 6.58 Å². The molecule has 0 atom stereocenters. The van der Waals surface area contributed by atoms with Crippen LogP contribution in [0.5, 0.6) is 0 Å². The molecular weight excluding hydrogens is 468 g/mol. The number of carbonyl (C=O) groups is 1. The minimum Gasteiger partial charge on any atom is -0.460 e. The van der Waals surface area contributed by atoms with E-state index in [1.165, 1.54) is 0 Å². The standard InChI is InChI=1S/C23H44O12/c1-2-23(25)35-22-21-34-20-19-33-18-17-32-16-15-31-14-13-30-12-11-29-10-9-28-8-7-27-6-5-26-4-3-24/h2,24H,1,3-22H2. The van der Waals surface area contributed by atoms with Crippen LogP contribution in [0.1, 0.15) is 0 Å². The molecule has 0 aromatic carbocycles. The Hall–Kier alpha value is -1.19. The third-order valence-corrected chi connectivity index (χ3v) is 3.85. The van der Waals surface area contributed by atoms with E-state index in [0.29, 0.717) is 119 Å². The highest BCUT2D eigenvalue weighted by Gasteiger charge is 1.97. The van der Waals surface area contributed by atoms with E-state index in [0.717, 1.165) is 6.08 Å². The molecule has 0 amide bonds. The first-order chi connectivity index (χ1) is 17.3. The Labute approximate surface area is 208 Å². The van der Waals surface area contributed by atoms with Gasteiger partial charge in [-0.15, -0.1) is 0 Å². The van der Waals surface area contributed by atoms with E-state index in [9.17, 15) is 4.79 Å². The number of hydrogen-bond acceptors (Lipinski definition) is 12. The van der Waals surface area contributed by atoms with Crippen LogP contribution < -0.4 is 0 Å². The van der Waals surface area contributed by atoms with E-state index >= 15 is 0 Å². The van der Waals surface area contributed by atoms with Gasteiger partial charge in [0, 0.05) is 6.08 Å². The summed E-state index contributed by atoms with van der Waals surface area (Å²) in [4.78, 5) is 10.8. The van der Waals surface area contributed by atoms with Crippen LogP contribution in [0.15, 0.2) is 12.7 Å². The van der Waals surface area contributed by atoms with Gasteiger partial charge in [0.25, 0.3) is 0 Å². The van der Waals surface area contributed by atoms with Crippen molar-refractivity contribution < 1.29 is 57.3 Å². The van der Waals surface area contributed by atoms with Crippen molar-refractivity contribution in [1.29, 1.82) is 0 Å². The van der Waals surface area contributed by atoms with Crippen molar-refractivity contribution in [2.24, 2.45) is 0 Å². The molecule has 0 aromatic heterocycles. The summed E-state index contributed by atoms with van der Waals surface area (Å²) in [7, 11) is 0. The smallest absolute Gasteiger partial charge is 0.330 e. The minimum absolute atomic E-state index is 0.0232. The Morgan fingerprint density at radius 3 is 0.914 bits per heavy atom. The Kier molecular flexibility index (Phi) is 29.8. The quantitative estimate of drug-likeness (QED) is 0.0781. The molecule has 0 aliphatic carbocycles. The van der Waals surface area contributed by atoms with Crippen LogP contribution in [-0.2, 0) is 52.2 Å². The van der Waals surface area contributed by atoms with E-state index in [4.69, 9.17) is 52.5 Å². The average molecular weight is 513 g/mol. The van der Waals surface area contributed by atoms with Crippen LogP contribution in [0.25, 0.3) is 0 Å². The SMILES string of the molecule is C=CC(=O)OCCOCCOCCOCCOCCOCCOCCOCCOCCOCCO. The lowest BCUT2D eigenvalue weighted by Gasteiger charge is -2.09. The molecule has 0 radical (unpaired) electrons. The predicted molar refractivity (Wildman–Crippen MR) is 126 cm³/mol. The van der Waals surface area contributed by atoms with Gasteiger partial charge in [0.15, 0.2) is 0 Å². The molecule has 0 unspecified atom stereocenters. The minimum atomic E-state index is -0.459. The van der Waals surface area contributed by atoms with Crippen molar-refractivity contribution in [1.82, 2.24) is 0 Å². The van der Waals surface area contributed by atoms with Gasteiger partial charge in [-0.05, 0) is 0 Å². The van der Waals surface area contributed by atoms with Crippen LogP contribution in [0.4, 0.5) is 0 Å². The van der Waals surface area contributed by atoms with Crippen molar-refractivity contribution >= 4 is 5.97 Å². The second kappa shape index (κ2) is 30.8. The second-order valence-corrected chi connectivity index (χ2v) is 6.61. The number of hydrogen-bond donors (Lipinski definition) is 1. The van der Waals surface area contributed by atoms with Gasteiger partial charge >= 0.3 is 5.97 Å². The number of aliphatic hydroxyl groups is 1. The largest absolute Gasteiger partial charge is 0.460 e. The monoisotopic (exact) mass is 512 g/mol. The molecule has 0 bridgehead atoms. The molecule has 0 aromatic rings. The number of carbonyl (C=O) groups excluding carboxylic acids is 1. The number of aliphatic hydroxyl groups excluding tert-OH is 1. The first-order valence-electron chi connectivity index (χ1n) is 11.9. The summed E-state index contributed by atoms with van der Waals surface area (Å²) in [5, 5.41) is 8.55. The van der Waals surface area contributed by atoms with Gasteiger partial charge in [-0.2, -0.15) is 0 Å². The lowest BCUT2D eigenvalue weighted by molar-refractivity contribution is -0.139. The molecule has 0 aliphatic rings. The fourth-order valence-electron chi connectivity index (χ4n) is 2.19. The lowest BCUT2D eigenvalue weighted by Crippen LogP contribution is -2.15. The summed E-state index contributed by atoms with van der Waals surface area (Å²) in [5.74, 6) is -0.459. The Morgan fingerprint density at radius 2 is 0.686 bits per heavy atom. The molecule has 12 heteroatoms. The highest BCUT2D eigenvalue weighted by atomic mass is 16.6. The van der Waals surface area contributed by atoms with E-state index in [-0.39, 0.29) is 13.2 Å². The molecule has 12 nitrogen and oxygen atoms in total.